The van der Waals surface area contributed by atoms with Crippen molar-refractivity contribution in [3.63, 3.8) is 0 Å². The molecule has 0 radical (unpaired) electrons. The summed E-state index contributed by atoms with van der Waals surface area (Å²) in [5, 5.41) is 0. The molecular weight excluding hydrogens is 264 g/mol. The number of aromatic nitrogens is 2. The summed E-state index contributed by atoms with van der Waals surface area (Å²) < 4.78 is 2.26. The van der Waals surface area contributed by atoms with Gasteiger partial charge in [0.05, 0.1) is 6.20 Å². The van der Waals surface area contributed by atoms with Crippen molar-refractivity contribution in [3.05, 3.63) is 58.4 Å². The number of benzene rings is 1. The van der Waals surface area contributed by atoms with Crippen LogP contribution in [0.3, 0.4) is 0 Å². The number of nitrogens with zero attached hydrogens (tertiary/aromatic N) is 2. The van der Waals surface area contributed by atoms with E-state index in [1.807, 2.05) is 47.9 Å². The third-order valence-corrected chi connectivity index (χ3v) is 4.87. The summed E-state index contributed by atoms with van der Waals surface area (Å²) in [6, 6.07) is 10.1. The van der Waals surface area contributed by atoms with Crippen LogP contribution < -0.4 is 0 Å². The molecule has 0 saturated carbocycles. The number of imidazole rings is 1. The Hall–Kier alpha value is -2.05. The number of hydrogen-bond donors (Lipinski definition) is 0. The van der Waals surface area contributed by atoms with Crippen LogP contribution in [0.1, 0.15) is 34.7 Å². The first-order valence-corrected chi connectivity index (χ1v) is 7.78. The van der Waals surface area contributed by atoms with Crippen LogP contribution in [0.5, 0.6) is 0 Å². The molecule has 3 aromatic rings. The minimum absolute atomic E-state index is 1.02. The van der Waals surface area contributed by atoms with Gasteiger partial charge in [0.1, 0.15) is 5.69 Å². The van der Waals surface area contributed by atoms with E-state index in [2.05, 4.69) is 21.2 Å². The van der Waals surface area contributed by atoms with Crippen LogP contribution in [0.25, 0.3) is 4.96 Å². The van der Waals surface area contributed by atoms with Crippen molar-refractivity contribution in [2.24, 2.45) is 0 Å². The highest BCUT2D eigenvalue weighted by Gasteiger charge is 2.18. The molecule has 0 N–H and O–H groups in total. The maximum Gasteiger partial charge on any atom is 0.195 e. The van der Waals surface area contributed by atoms with Gasteiger partial charge in [-0.1, -0.05) is 24.1 Å². The minimum atomic E-state index is 1.02. The summed E-state index contributed by atoms with van der Waals surface area (Å²) in [5.41, 5.74) is 3.50. The molecule has 0 fully saturated rings. The first-order chi connectivity index (χ1) is 9.92. The Kier molecular flexibility index (Phi) is 2.82. The molecule has 0 amide bonds. The van der Waals surface area contributed by atoms with Crippen LogP contribution in [-0.2, 0) is 12.8 Å². The standard InChI is InChI=1S/C17H14N2S/c1-2-6-13(7-3-1)10-11-14-12-18-17-19(14)15-8-4-5-9-16(15)20-17/h1-3,6-7,12H,4-5,8-9H2. The van der Waals surface area contributed by atoms with Crippen LogP contribution in [0.15, 0.2) is 36.5 Å². The molecule has 0 atom stereocenters. The summed E-state index contributed by atoms with van der Waals surface area (Å²) in [5.74, 6) is 6.51. The van der Waals surface area contributed by atoms with E-state index in [9.17, 15) is 0 Å². The zero-order valence-corrected chi connectivity index (χ0v) is 11.9. The summed E-state index contributed by atoms with van der Waals surface area (Å²) in [6.07, 6.45) is 6.85. The summed E-state index contributed by atoms with van der Waals surface area (Å²) >= 11 is 1.83. The quantitative estimate of drug-likeness (QED) is 0.573. The number of hydrogen-bond acceptors (Lipinski definition) is 2. The highest BCUT2D eigenvalue weighted by Crippen LogP contribution is 2.30. The number of rotatable bonds is 0. The van der Waals surface area contributed by atoms with Crippen molar-refractivity contribution in [1.29, 1.82) is 0 Å². The number of aryl methyl sites for hydroxylation is 2. The highest BCUT2D eigenvalue weighted by molar-refractivity contribution is 7.17. The van der Waals surface area contributed by atoms with Gasteiger partial charge in [-0.25, -0.2) is 4.98 Å². The topological polar surface area (TPSA) is 17.3 Å². The Morgan fingerprint density at radius 1 is 1.05 bits per heavy atom. The molecule has 0 bridgehead atoms. The Morgan fingerprint density at radius 3 is 2.80 bits per heavy atom. The number of fused-ring (bicyclic) bond motifs is 3. The van der Waals surface area contributed by atoms with E-state index in [1.165, 1.54) is 29.8 Å². The third kappa shape index (κ3) is 1.93. The van der Waals surface area contributed by atoms with Crippen molar-refractivity contribution in [1.82, 2.24) is 9.38 Å². The van der Waals surface area contributed by atoms with Gasteiger partial charge in [-0.05, 0) is 43.7 Å². The van der Waals surface area contributed by atoms with E-state index in [0.29, 0.717) is 0 Å². The fourth-order valence-corrected chi connectivity index (χ4v) is 3.92. The van der Waals surface area contributed by atoms with Crippen LogP contribution in [-0.4, -0.2) is 9.38 Å². The second-order valence-electron chi connectivity index (χ2n) is 5.06. The van der Waals surface area contributed by atoms with Crippen LogP contribution in [0.2, 0.25) is 0 Å². The fraction of sp³-hybridized carbons (Fsp3) is 0.235. The molecule has 3 heteroatoms. The average Bonchev–Trinajstić information content (AvgIpc) is 3.05. The second-order valence-corrected chi connectivity index (χ2v) is 6.12. The molecule has 0 saturated heterocycles. The van der Waals surface area contributed by atoms with Crippen LogP contribution in [0, 0.1) is 11.8 Å². The Balaban J connectivity index is 1.81. The lowest BCUT2D eigenvalue weighted by molar-refractivity contribution is 0.674. The molecule has 0 aliphatic heterocycles. The molecule has 0 unspecified atom stereocenters. The monoisotopic (exact) mass is 278 g/mol. The molecule has 4 rings (SSSR count). The maximum atomic E-state index is 4.51. The Bertz CT molecular complexity index is 815. The predicted octanol–water partition coefficient (Wildman–Crippen LogP) is 3.67. The molecule has 20 heavy (non-hydrogen) atoms. The van der Waals surface area contributed by atoms with Gasteiger partial charge in [-0.3, -0.25) is 4.40 Å². The normalized spacial score (nSPS) is 13.8. The Morgan fingerprint density at radius 2 is 1.90 bits per heavy atom. The van der Waals surface area contributed by atoms with Gasteiger partial charge in [-0.15, -0.1) is 11.3 Å². The predicted molar refractivity (Wildman–Crippen MR) is 82.1 cm³/mol. The zero-order chi connectivity index (χ0) is 13.4. The summed E-state index contributed by atoms with van der Waals surface area (Å²) in [4.78, 5) is 7.11. The molecule has 2 aromatic heterocycles. The van der Waals surface area contributed by atoms with Gasteiger partial charge < -0.3 is 0 Å². The lowest BCUT2D eigenvalue weighted by atomic mass is 10.0. The lowest BCUT2D eigenvalue weighted by Gasteiger charge is -2.10. The van der Waals surface area contributed by atoms with E-state index in [4.69, 9.17) is 0 Å². The molecule has 2 nitrogen and oxygen atoms in total. The largest absolute Gasteiger partial charge is 0.280 e. The van der Waals surface area contributed by atoms with Crippen molar-refractivity contribution in [3.8, 4) is 11.8 Å². The van der Waals surface area contributed by atoms with Gasteiger partial charge in [0.2, 0.25) is 0 Å². The van der Waals surface area contributed by atoms with E-state index >= 15 is 0 Å². The van der Waals surface area contributed by atoms with Gasteiger partial charge in [0.15, 0.2) is 4.96 Å². The third-order valence-electron chi connectivity index (χ3n) is 3.71. The fourth-order valence-electron chi connectivity index (χ4n) is 2.73. The average molecular weight is 278 g/mol. The van der Waals surface area contributed by atoms with Gasteiger partial charge in [-0.2, -0.15) is 0 Å². The minimum Gasteiger partial charge on any atom is -0.280 e. The van der Waals surface area contributed by atoms with E-state index in [-0.39, 0.29) is 0 Å². The van der Waals surface area contributed by atoms with Crippen molar-refractivity contribution in [2.45, 2.75) is 25.7 Å². The van der Waals surface area contributed by atoms with Crippen molar-refractivity contribution >= 4 is 16.3 Å². The van der Waals surface area contributed by atoms with Crippen molar-refractivity contribution in [2.75, 3.05) is 0 Å². The van der Waals surface area contributed by atoms with Crippen LogP contribution >= 0.6 is 11.3 Å². The summed E-state index contributed by atoms with van der Waals surface area (Å²) in [6.45, 7) is 0. The zero-order valence-electron chi connectivity index (χ0n) is 11.1. The van der Waals surface area contributed by atoms with Crippen LogP contribution in [0.4, 0.5) is 0 Å². The molecule has 1 aliphatic rings. The molecule has 98 valence electrons. The second kappa shape index (κ2) is 4.81. The first-order valence-electron chi connectivity index (χ1n) is 6.97. The van der Waals surface area contributed by atoms with E-state index in [1.54, 1.807) is 0 Å². The maximum absolute atomic E-state index is 4.51. The summed E-state index contributed by atoms with van der Waals surface area (Å²) in [7, 11) is 0. The van der Waals surface area contributed by atoms with Crippen molar-refractivity contribution < 1.29 is 0 Å². The lowest BCUT2D eigenvalue weighted by Crippen LogP contribution is -2.03. The molecule has 1 aliphatic carbocycles. The number of thiazole rings is 1. The molecule has 1 aromatic carbocycles. The molecular formula is C17H14N2S. The van der Waals surface area contributed by atoms with Gasteiger partial charge in [0.25, 0.3) is 0 Å². The first kappa shape index (κ1) is 11.7. The molecule has 2 heterocycles. The van der Waals surface area contributed by atoms with E-state index < -0.39 is 0 Å². The molecule has 0 spiro atoms. The van der Waals surface area contributed by atoms with Gasteiger partial charge >= 0.3 is 0 Å². The Labute approximate surface area is 122 Å². The SMILES string of the molecule is C(#Cc1cnc2sc3c(n12)CCCC3)c1ccccc1. The van der Waals surface area contributed by atoms with Gasteiger partial charge in [0, 0.05) is 16.1 Å². The highest BCUT2D eigenvalue weighted by atomic mass is 32.1. The van der Waals surface area contributed by atoms with E-state index in [0.717, 1.165) is 22.6 Å². The smallest absolute Gasteiger partial charge is 0.195 e.